The Kier molecular flexibility index (Phi) is 7.14. The average molecular weight is 390 g/mol. The molecule has 0 fully saturated rings. The van der Waals surface area contributed by atoms with Gasteiger partial charge in [0, 0.05) is 5.02 Å². The Morgan fingerprint density at radius 2 is 1.67 bits per heavy atom. The van der Waals surface area contributed by atoms with Gasteiger partial charge in [0.25, 0.3) is 5.91 Å². The van der Waals surface area contributed by atoms with Crippen molar-refractivity contribution in [3.63, 3.8) is 0 Å². The zero-order chi connectivity index (χ0) is 20.1. The molecule has 0 aliphatic heterocycles. The Hall–Kier alpha value is -2.20. The molecule has 1 amide bonds. The van der Waals surface area contributed by atoms with E-state index in [2.05, 4.69) is 25.2 Å². The largest absolute Gasteiger partial charge is 0.496 e. The van der Waals surface area contributed by atoms with E-state index in [0.29, 0.717) is 16.7 Å². The minimum atomic E-state index is -0.614. The monoisotopic (exact) mass is 389 g/mol. The van der Waals surface area contributed by atoms with Crippen molar-refractivity contribution in [2.75, 3.05) is 7.11 Å². The van der Waals surface area contributed by atoms with E-state index in [-0.39, 0.29) is 11.9 Å². The van der Waals surface area contributed by atoms with Crippen molar-refractivity contribution in [3.05, 3.63) is 58.1 Å². The van der Waals surface area contributed by atoms with Crippen LogP contribution >= 0.6 is 11.6 Å². The molecule has 0 spiro atoms. The summed E-state index contributed by atoms with van der Waals surface area (Å²) < 4.78 is 11.2. The lowest BCUT2D eigenvalue weighted by Gasteiger charge is -2.22. The molecule has 0 saturated carbocycles. The maximum Gasteiger partial charge on any atom is 0.261 e. The summed E-state index contributed by atoms with van der Waals surface area (Å²) in [6.45, 7) is 9.99. The second-order valence-electron chi connectivity index (χ2n) is 7.05. The summed E-state index contributed by atoms with van der Waals surface area (Å²) in [7, 11) is 1.68. The second kappa shape index (κ2) is 9.14. The number of rotatable bonds is 7. The van der Waals surface area contributed by atoms with Gasteiger partial charge in [-0.3, -0.25) is 4.79 Å². The van der Waals surface area contributed by atoms with Crippen molar-refractivity contribution in [2.24, 2.45) is 0 Å². The molecule has 0 aromatic heterocycles. The van der Waals surface area contributed by atoms with E-state index in [0.717, 1.165) is 22.4 Å². The predicted octanol–water partition coefficient (Wildman–Crippen LogP) is 5.43. The van der Waals surface area contributed by atoms with Crippen LogP contribution in [0, 0.1) is 6.92 Å². The van der Waals surface area contributed by atoms with E-state index in [4.69, 9.17) is 21.1 Å². The van der Waals surface area contributed by atoms with Crippen molar-refractivity contribution in [1.82, 2.24) is 5.32 Å². The maximum atomic E-state index is 12.6. The molecule has 0 heterocycles. The van der Waals surface area contributed by atoms with Gasteiger partial charge in [0.15, 0.2) is 6.10 Å². The van der Waals surface area contributed by atoms with Gasteiger partial charge in [-0.05, 0) is 79.8 Å². The number of carbonyl (C=O) groups is 1. The quantitative estimate of drug-likeness (QED) is 0.687. The standard InChI is InChI=1S/C22H28ClNO3/c1-13(2)19-12-20(14(3)11-21(19)26-6)15(4)24-22(25)16(5)27-18-9-7-17(23)8-10-18/h7-13,15-16H,1-6H3,(H,24,25)/t15-,16+/m0/s1. The van der Waals surface area contributed by atoms with Gasteiger partial charge in [-0.2, -0.15) is 0 Å². The third-order valence-corrected chi connectivity index (χ3v) is 4.81. The molecule has 27 heavy (non-hydrogen) atoms. The highest BCUT2D eigenvalue weighted by Gasteiger charge is 2.20. The van der Waals surface area contributed by atoms with Gasteiger partial charge in [-0.15, -0.1) is 0 Å². The predicted molar refractivity (Wildman–Crippen MR) is 110 cm³/mol. The first-order chi connectivity index (χ1) is 12.7. The summed E-state index contributed by atoms with van der Waals surface area (Å²) in [5, 5.41) is 3.67. The van der Waals surface area contributed by atoms with Crippen LogP contribution in [0.3, 0.4) is 0 Å². The van der Waals surface area contributed by atoms with Gasteiger partial charge in [0.1, 0.15) is 11.5 Å². The van der Waals surface area contributed by atoms with E-state index in [1.54, 1.807) is 38.3 Å². The van der Waals surface area contributed by atoms with Crippen LogP contribution < -0.4 is 14.8 Å². The summed E-state index contributed by atoms with van der Waals surface area (Å²) in [5.74, 6) is 1.65. The highest BCUT2D eigenvalue weighted by Crippen LogP contribution is 2.32. The Morgan fingerprint density at radius 3 is 2.22 bits per heavy atom. The molecule has 2 rings (SSSR count). The molecule has 146 valence electrons. The van der Waals surface area contributed by atoms with E-state index >= 15 is 0 Å². The summed E-state index contributed by atoms with van der Waals surface area (Å²) >= 11 is 5.87. The molecule has 4 nitrogen and oxygen atoms in total. The molecule has 2 aromatic carbocycles. The van der Waals surface area contributed by atoms with Crippen molar-refractivity contribution in [1.29, 1.82) is 0 Å². The van der Waals surface area contributed by atoms with Crippen LogP contribution in [0.1, 0.15) is 56.3 Å². The fraction of sp³-hybridized carbons (Fsp3) is 0.409. The number of aryl methyl sites for hydroxylation is 1. The molecule has 0 saturated heterocycles. The zero-order valence-corrected chi connectivity index (χ0v) is 17.6. The molecule has 0 aliphatic carbocycles. The molecule has 0 bridgehead atoms. The molecular weight excluding hydrogens is 362 g/mol. The number of ether oxygens (including phenoxy) is 2. The summed E-state index contributed by atoms with van der Waals surface area (Å²) in [6.07, 6.45) is -0.614. The Balaban J connectivity index is 2.11. The fourth-order valence-electron chi connectivity index (χ4n) is 2.99. The summed E-state index contributed by atoms with van der Waals surface area (Å²) in [6, 6.07) is 11.0. The molecule has 0 unspecified atom stereocenters. The molecule has 0 aliphatic rings. The lowest BCUT2D eigenvalue weighted by molar-refractivity contribution is -0.127. The number of nitrogens with one attached hydrogen (secondary N) is 1. The molecule has 5 heteroatoms. The summed E-state index contributed by atoms with van der Waals surface area (Å²) in [4.78, 5) is 12.6. The first-order valence-electron chi connectivity index (χ1n) is 9.14. The number of methoxy groups -OCH3 is 1. The Bertz CT molecular complexity index is 787. The van der Waals surface area contributed by atoms with Crippen molar-refractivity contribution in [3.8, 4) is 11.5 Å². The first-order valence-corrected chi connectivity index (χ1v) is 9.51. The number of benzene rings is 2. The van der Waals surface area contributed by atoms with Gasteiger partial charge < -0.3 is 14.8 Å². The van der Waals surface area contributed by atoms with Crippen LogP contribution in [0.2, 0.25) is 5.02 Å². The summed E-state index contributed by atoms with van der Waals surface area (Å²) in [5.41, 5.74) is 3.28. The highest BCUT2D eigenvalue weighted by atomic mass is 35.5. The number of halogens is 1. The van der Waals surface area contributed by atoms with Gasteiger partial charge in [0.05, 0.1) is 13.2 Å². The number of hydrogen-bond donors (Lipinski definition) is 1. The number of amides is 1. The van der Waals surface area contributed by atoms with Gasteiger partial charge in [0.2, 0.25) is 0 Å². The van der Waals surface area contributed by atoms with Crippen LogP contribution in [-0.2, 0) is 4.79 Å². The van der Waals surface area contributed by atoms with Crippen LogP contribution in [0.4, 0.5) is 0 Å². The maximum absolute atomic E-state index is 12.6. The van der Waals surface area contributed by atoms with Crippen LogP contribution in [0.5, 0.6) is 11.5 Å². The van der Waals surface area contributed by atoms with Gasteiger partial charge >= 0.3 is 0 Å². The Labute approximate surface area is 166 Å². The highest BCUT2D eigenvalue weighted by molar-refractivity contribution is 6.30. The lowest BCUT2D eigenvalue weighted by atomic mass is 9.93. The average Bonchev–Trinajstić information content (AvgIpc) is 2.62. The SMILES string of the molecule is COc1cc(C)c([C@H](C)NC(=O)[C@@H](C)Oc2ccc(Cl)cc2)cc1C(C)C. The van der Waals surface area contributed by atoms with E-state index in [1.165, 1.54) is 0 Å². The second-order valence-corrected chi connectivity index (χ2v) is 7.49. The fourth-order valence-corrected chi connectivity index (χ4v) is 3.12. The molecule has 2 atom stereocenters. The van der Waals surface area contributed by atoms with E-state index in [9.17, 15) is 4.79 Å². The third kappa shape index (κ3) is 5.39. The Morgan fingerprint density at radius 1 is 1.04 bits per heavy atom. The van der Waals surface area contributed by atoms with Crippen LogP contribution in [0.15, 0.2) is 36.4 Å². The third-order valence-electron chi connectivity index (χ3n) is 4.56. The lowest BCUT2D eigenvalue weighted by Crippen LogP contribution is -2.38. The number of carbonyl (C=O) groups excluding carboxylic acids is 1. The van der Waals surface area contributed by atoms with Crippen molar-refractivity contribution >= 4 is 17.5 Å². The van der Waals surface area contributed by atoms with Crippen LogP contribution in [-0.4, -0.2) is 19.1 Å². The molecule has 0 radical (unpaired) electrons. The van der Waals surface area contributed by atoms with Gasteiger partial charge in [-0.1, -0.05) is 25.4 Å². The van der Waals surface area contributed by atoms with Crippen LogP contribution in [0.25, 0.3) is 0 Å². The van der Waals surface area contributed by atoms with Crippen molar-refractivity contribution < 1.29 is 14.3 Å². The van der Waals surface area contributed by atoms with Crippen molar-refractivity contribution in [2.45, 2.75) is 52.7 Å². The minimum absolute atomic E-state index is 0.142. The molecule has 2 aromatic rings. The smallest absolute Gasteiger partial charge is 0.261 e. The first kappa shape index (κ1) is 21.1. The minimum Gasteiger partial charge on any atom is -0.496 e. The zero-order valence-electron chi connectivity index (χ0n) is 16.8. The topological polar surface area (TPSA) is 47.6 Å². The van der Waals surface area contributed by atoms with E-state index in [1.807, 2.05) is 19.9 Å². The van der Waals surface area contributed by atoms with Gasteiger partial charge in [-0.25, -0.2) is 0 Å². The number of hydrogen-bond acceptors (Lipinski definition) is 3. The normalized spacial score (nSPS) is 13.2. The molecule has 1 N–H and O–H groups in total. The van der Waals surface area contributed by atoms with E-state index < -0.39 is 6.10 Å². The molecular formula is C22H28ClNO3.